The molecule has 0 radical (unpaired) electrons. The van der Waals surface area contributed by atoms with Crippen LogP contribution in [0.25, 0.3) is 0 Å². The molecule has 68 valence electrons. The maximum atomic E-state index is 9.22. The summed E-state index contributed by atoms with van der Waals surface area (Å²) in [5, 5.41) is 9.22. The fourth-order valence-electron chi connectivity index (χ4n) is 0.575. The molecule has 0 heterocycles. The Kier molecular flexibility index (Phi) is 5.95. The highest BCUT2D eigenvalue weighted by Gasteiger charge is 2.11. The van der Waals surface area contributed by atoms with Crippen LogP contribution in [0.2, 0.25) is 0 Å². The van der Waals surface area contributed by atoms with Crippen molar-refractivity contribution < 1.29 is 9.84 Å². The number of hydrogen-bond donors (Lipinski definition) is 3. The number of ether oxygens (including phenoxy) is 1. The van der Waals surface area contributed by atoms with Gasteiger partial charge in [-0.2, -0.15) is 0 Å². The van der Waals surface area contributed by atoms with Gasteiger partial charge in [0.15, 0.2) is 0 Å². The van der Waals surface area contributed by atoms with Crippen LogP contribution in [-0.2, 0) is 4.74 Å². The summed E-state index contributed by atoms with van der Waals surface area (Å²) in [6.07, 6.45) is 0.916. The lowest BCUT2D eigenvalue weighted by atomic mass is 10.2. The van der Waals surface area contributed by atoms with Gasteiger partial charge in [-0.3, -0.25) is 4.72 Å². The van der Waals surface area contributed by atoms with Crippen molar-refractivity contribution in [3.63, 3.8) is 0 Å². The molecule has 0 rings (SSSR count). The van der Waals surface area contributed by atoms with Crippen LogP contribution < -0.4 is 4.72 Å². The molecule has 0 spiro atoms. The molecule has 0 aliphatic carbocycles. The van der Waals surface area contributed by atoms with E-state index in [2.05, 4.69) is 17.5 Å². The molecule has 0 amide bonds. The van der Waals surface area contributed by atoms with Gasteiger partial charge in [-0.1, -0.05) is 12.8 Å². The molecule has 0 aliphatic heterocycles. The first-order chi connectivity index (χ1) is 5.06. The van der Waals surface area contributed by atoms with Gasteiger partial charge in [-0.25, -0.2) is 0 Å². The van der Waals surface area contributed by atoms with E-state index in [4.69, 9.17) is 4.74 Å². The third-order valence-electron chi connectivity index (χ3n) is 1.03. The maximum Gasteiger partial charge on any atom is 0.0824 e. The summed E-state index contributed by atoms with van der Waals surface area (Å²) in [6.45, 7) is 5.33. The number of aliphatic hydroxyl groups is 1. The van der Waals surface area contributed by atoms with Gasteiger partial charge in [0.05, 0.1) is 12.2 Å². The molecule has 0 aromatic carbocycles. The number of hydrogen-bond acceptors (Lipinski definition) is 4. The summed E-state index contributed by atoms with van der Waals surface area (Å²) < 4.78 is 7.89. The van der Waals surface area contributed by atoms with Crippen LogP contribution in [0.15, 0.2) is 0 Å². The average molecular weight is 179 g/mol. The highest BCUT2D eigenvalue weighted by Crippen LogP contribution is 2.00. The molecule has 0 aromatic rings. The Labute approximate surface area is 73.7 Å². The Morgan fingerprint density at radius 2 is 2.18 bits per heavy atom. The number of rotatable bonds is 6. The second kappa shape index (κ2) is 5.83. The Morgan fingerprint density at radius 1 is 1.55 bits per heavy atom. The molecule has 0 saturated heterocycles. The van der Waals surface area contributed by atoms with Crippen LogP contribution >= 0.6 is 12.8 Å². The fraction of sp³-hybridized carbons (Fsp3) is 1.00. The van der Waals surface area contributed by atoms with E-state index in [1.807, 2.05) is 0 Å². The number of thiol groups is 1. The van der Waals surface area contributed by atoms with Crippen molar-refractivity contribution in [1.82, 2.24) is 4.72 Å². The minimum absolute atomic E-state index is 0.388. The van der Waals surface area contributed by atoms with Gasteiger partial charge < -0.3 is 9.84 Å². The van der Waals surface area contributed by atoms with E-state index in [1.54, 1.807) is 13.8 Å². The van der Waals surface area contributed by atoms with Crippen molar-refractivity contribution in [1.29, 1.82) is 0 Å². The van der Waals surface area contributed by atoms with Crippen molar-refractivity contribution in [2.45, 2.75) is 25.9 Å². The van der Waals surface area contributed by atoms with E-state index < -0.39 is 5.60 Å². The number of nitrogens with one attached hydrogen (secondary N) is 1. The van der Waals surface area contributed by atoms with Crippen molar-refractivity contribution in [2.75, 3.05) is 19.8 Å². The lowest BCUT2D eigenvalue weighted by Crippen LogP contribution is -2.26. The minimum atomic E-state index is -0.714. The predicted octanol–water partition coefficient (Wildman–Crippen LogP) is 0.598. The van der Waals surface area contributed by atoms with Crippen LogP contribution in [0, 0.1) is 0 Å². The zero-order valence-electron chi connectivity index (χ0n) is 7.13. The molecule has 0 unspecified atom stereocenters. The Hall–Kier alpha value is 0.230. The first-order valence-electron chi connectivity index (χ1n) is 3.73. The molecule has 3 nitrogen and oxygen atoms in total. The van der Waals surface area contributed by atoms with Gasteiger partial charge >= 0.3 is 0 Å². The second-order valence-electron chi connectivity index (χ2n) is 3.13. The van der Waals surface area contributed by atoms with Crippen LogP contribution in [0.3, 0.4) is 0 Å². The molecular formula is C7H17NO2S. The first-order valence-corrected chi connectivity index (χ1v) is 4.18. The largest absolute Gasteiger partial charge is 0.388 e. The molecule has 11 heavy (non-hydrogen) atoms. The first kappa shape index (κ1) is 11.2. The molecule has 0 saturated carbocycles. The normalized spacial score (nSPS) is 12.0. The summed E-state index contributed by atoms with van der Waals surface area (Å²) in [7, 11) is 0. The summed E-state index contributed by atoms with van der Waals surface area (Å²) in [4.78, 5) is 0. The van der Waals surface area contributed by atoms with Crippen LogP contribution in [0.4, 0.5) is 0 Å². The molecule has 0 aliphatic rings. The Balaban J connectivity index is 3.02. The van der Waals surface area contributed by atoms with Crippen molar-refractivity contribution in [2.24, 2.45) is 0 Å². The summed E-state index contributed by atoms with van der Waals surface area (Å²) >= 11 is 3.82. The van der Waals surface area contributed by atoms with E-state index in [0.29, 0.717) is 13.2 Å². The van der Waals surface area contributed by atoms with E-state index in [0.717, 1.165) is 13.0 Å². The Bertz CT molecular complexity index is 92.9. The molecule has 0 aromatic heterocycles. The molecule has 4 heteroatoms. The predicted molar refractivity (Wildman–Crippen MR) is 48.7 cm³/mol. The van der Waals surface area contributed by atoms with Gasteiger partial charge in [0.1, 0.15) is 0 Å². The van der Waals surface area contributed by atoms with Crippen molar-refractivity contribution in [3.05, 3.63) is 0 Å². The zero-order valence-corrected chi connectivity index (χ0v) is 8.03. The molecule has 0 atom stereocenters. The summed E-state index contributed by atoms with van der Waals surface area (Å²) in [5.74, 6) is 0. The average Bonchev–Trinajstić information content (AvgIpc) is 1.85. The van der Waals surface area contributed by atoms with E-state index in [-0.39, 0.29) is 0 Å². The second-order valence-corrected chi connectivity index (χ2v) is 3.44. The van der Waals surface area contributed by atoms with Gasteiger partial charge in [-0.15, -0.1) is 0 Å². The molecular weight excluding hydrogens is 162 g/mol. The molecule has 2 N–H and O–H groups in total. The zero-order chi connectivity index (χ0) is 8.74. The van der Waals surface area contributed by atoms with E-state index >= 15 is 0 Å². The fourth-order valence-corrected chi connectivity index (χ4v) is 0.733. The Morgan fingerprint density at radius 3 is 2.64 bits per heavy atom. The maximum absolute atomic E-state index is 9.22. The topological polar surface area (TPSA) is 41.5 Å². The third-order valence-corrected chi connectivity index (χ3v) is 1.26. The minimum Gasteiger partial charge on any atom is -0.388 e. The summed E-state index contributed by atoms with van der Waals surface area (Å²) in [5.41, 5.74) is -0.714. The highest BCUT2D eigenvalue weighted by atomic mass is 32.1. The van der Waals surface area contributed by atoms with E-state index in [1.165, 1.54) is 0 Å². The third kappa shape index (κ3) is 10.2. The molecule has 0 fully saturated rings. The van der Waals surface area contributed by atoms with Gasteiger partial charge in [-0.05, 0) is 20.3 Å². The lowest BCUT2D eigenvalue weighted by molar-refractivity contribution is -0.0209. The van der Waals surface area contributed by atoms with E-state index in [9.17, 15) is 5.11 Å². The van der Waals surface area contributed by atoms with Crippen LogP contribution in [0.5, 0.6) is 0 Å². The quantitative estimate of drug-likeness (QED) is 0.413. The van der Waals surface area contributed by atoms with Crippen LogP contribution in [0.1, 0.15) is 20.3 Å². The van der Waals surface area contributed by atoms with Gasteiger partial charge in [0.25, 0.3) is 0 Å². The standard InChI is InChI=1S/C7H17NO2S/c1-7(2,9)6-10-5-3-4-8-11/h8-9,11H,3-6H2,1-2H3. The van der Waals surface area contributed by atoms with Gasteiger partial charge in [0, 0.05) is 13.2 Å². The summed E-state index contributed by atoms with van der Waals surface area (Å²) in [6, 6.07) is 0. The highest BCUT2D eigenvalue weighted by molar-refractivity contribution is 7.78. The lowest BCUT2D eigenvalue weighted by Gasteiger charge is -2.16. The molecule has 0 bridgehead atoms. The van der Waals surface area contributed by atoms with Crippen molar-refractivity contribution >= 4 is 12.8 Å². The van der Waals surface area contributed by atoms with Gasteiger partial charge in [0.2, 0.25) is 0 Å². The van der Waals surface area contributed by atoms with Crippen LogP contribution in [-0.4, -0.2) is 30.5 Å². The van der Waals surface area contributed by atoms with Crippen molar-refractivity contribution in [3.8, 4) is 0 Å². The SMILES string of the molecule is CC(C)(O)COCCCNS. The smallest absolute Gasteiger partial charge is 0.0824 e. The monoisotopic (exact) mass is 179 g/mol.